The SMILES string of the molecule is Cc1n[nH]c(=O)nc1NC[C@@H]1CCCO1. The van der Waals surface area contributed by atoms with Crippen LogP contribution in [-0.2, 0) is 4.74 Å². The van der Waals surface area contributed by atoms with Crippen LogP contribution in [0.4, 0.5) is 5.82 Å². The van der Waals surface area contributed by atoms with E-state index in [1.165, 1.54) is 0 Å². The van der Waals surface area contributed by atoms with Gasteiger partial charge in [-0.15, -0.1) is 0 Å². The van der Waals surface area contributed by atoms with Gasteiger partial charge in [-0.2, -0.15) is 10.1 Å². The van der Waals surface area contributed by atoms with Crippen molar-refractivity contribution in [2.45, 2.75) is 25.9 Å². The van der Waals surface area contributed by atoms with Crippen molar-refractivity contribution in [1.29, 1.82) is 0 Å². The van der Waals surface area contributed by atoms with E-state index < -0.39 is 5.69 Å². The molecule has 0 saturated carbocycles. The highest BCUT2D eigenvalue weighted by molar-refractivity contribution is 5.37. The van der Waals surface area contributed by atoms with Gasteiger partial charge in [0.2, 0.25) is 0 Å². The zero-order valence-corrected chi connectivity index (χ0v) is 8.62. The minimum atomic E-state index is -0.435. The second kappa shape index (κ2) is 4.39. The van der Waals surface area contributed by atoms with Crippen molar-refractivity contribution in [2.75, 3.05) is 18.5 Å². The zero-order chi connectivity index (χ0) is 10.7. The molecule has 1 atom stereocenters. The van der Waals surface area contributed by atoms with Crippen molar-refractivity contribution in [1.82, 2.24) is 15.2 Å². The number of rotatable bonds is 3. The summed E-state index contributed by atoms with van der Waals surface area (Å²) in [5, 5.41) is 9.18. The monoisotopic (exact) mass is 210 g/mol. The summed E-state index contributed by atoms with van der Waals surface area (Å²) in [6.45, 7) is 3.30. The molecule has 2 N–H and O–H groups in total. The van der Waals surface area contributed by atoms with Gasteiger partial charge in [-0.1, -0.05) is 0 Å². The zero-order valence-electron chi connectivity index (χ0n) is 8.62. The van der Waals surface area contributed by atoms with Crippen LogP contribution in [0.1, 0.15) is 18.5 Å². The van der Waals surface area contributed by atoms with Gasteiger partial charge in [0, 0.05) is 13.2 Å². The molecule has 2 heterocycles. The van der Waals surface area contributed by atoms with Gasteiger partial charge in [0.25, 0.3) is 0 Å². The van der Waals surface area contributed by atoms with Crippen LogP contribution in [0.2, 0.25) is 0 Å². The Labute approximate surface area is 87.1 Å². The molecule has 1 aliphatic heterocycles. The standard InChI is InChI=1S/C9H14N4O2/c1-6-8(11-9(14)13-12-6)10-5-7-3-2-4-15-7/h7H,2-5H2,1H3,(H2,10,11,13,14)/t7-/m0/s1. The van der Waals surface area contributed by atoms with Crippen molar-refractivity contribution in [2.24, 2.45) is 0 Å². The number of aromatic nitrogens is 3. The summed E-state index contributed by atoms with van der Waals surface area (Å²) in [7, 11) is 0. The molecule has 6 nitrogen and oxygen atoms in total. The molecule has 15 heavy (non-hydrogen) atoms. The Morgan fingerprint density at radius 3 is 3.27 bits per heavy atom. The molecule has 1 aromatic heterocycles. The first-order valence-corrected chi connectivity index (χ1v) is 5.04. The van der Waals surface area contributed by atoms with E-state index in [1.54, 1.807) is 6.92 Å². The normalized spacial score (nSPS) is 20.5. The number of hydrogen-bond donors (Lipinski definition) is 2. The fourth-order valence-corrected chi connectivity index (χ4v) is 1.58. The molecule has 1 aromatic rings. The van der Waals surface area contributed by atoms with E-state index in [0.717, 1.165) is 19.4 Å². The van der Waals surface area contributed by atoms with E-state index in [1.807, 2.05) is 0 Å². The van der Waals surface area contributed by atoms with E-state index >= 15 is 0 Å². The summed E-state index contributed by atoms with van der Waals surface area (Å²) in [4.78, 5) is 14.7. The molecule has 0 spiro atoms. The van der Waals surface area contributed by atoms with Gasteiger partial charge in [0.15, 0.2) is 5.82 Å². The third-order valence-electron chi connectivity index (χ3n) is 2.40. The van der Waals surface area contributed by atoms with Crippen LogP contribution in [-0.4, -0.2) is 34.4 Å². The van der Waals surface area contributed by atoms with E-state index in [0.29, 0.717) is 18.1 Å². The summed E-state index contributed by atoms with van der Waals surface area (Å²) < 4.78 is 5.45. The second-order valence-electron chi connectivity index (χ2n) is 3.59. The first kappa shape index (κ1) is 10.1. The summed E-state index contributed by atoms with van der Waals surface area (Å²) in [5.74, 6) is 0.536. The minimum Gasteiger partial charge on any atom is -0.376 e. The van der Waals surface area contributed by atoms with Crippen LogP contribution in [0.25, 0.3) is 0 Å². The Balaban J connectivity index is 1.97. The van der Waals surface area contributed by atoms with Gasteiger partial charge in [0.1, 0.15) is 5.69 Å². The molecule has 0 bridgehead atoms. The molecule has 0 aromatic carbocycles. The van der Waals surface area contributed by atoms with Gasteiger partial charge in [0.05, 0.1) is 6.10 Å². The van der Waals surface area contributed by atoms with Crippen molar-refractivity contribution in [3.05, 3.63) is 16.2 Å². The average molecular weight is 210 g/mol. The highest BCUT2D eigenvalue weighted by Gasteiger charge is 2.15. The number of nitrogens with zero attached hydrogens (tertiary/aromatic N) is 2. The summed E-state index contributed by atoms with van der Waals surface area (Å²) in [6, 6.07) is 0. The van der Waals surface area contributed by atoms with Crippen LogP contribution >= 0.6 is 0 Å². The van der Waals surface area contributed by atoms with Crippen molar-refractivity contribution < 1.29 is 4.74 Å². The molecule has 2 rings (SSSR count). The van der Waals surface area contributed by atoms with Gasteiger partial charge >= 0.3 is 5.69 Å². The minimum absolute atomic E-state index is 0.227. The Kier molecular flexibility index (Phi) is 2.96. The molecule has 82 valence electrons. The third kappa shape index (κ3) is 2.53. The summed E-state index contributed by atoms with van der Waals surface area (Å²) >= 11 is 0. The molecule has 0 radical (unpaired) electrons. The predicted octanol–water partition coefficient (Wildman–Crippen LogP) is 0.0642. The lowest BCUT2D eigenvalue weighted by atomic mass is 10.2. The molecule has 0 amide bonds. The number of ether oxygens (including phenoxy) is 1. The number of hydrogen-bond acceptors (Lipinski definition) is 5. The first-order valence-electron chi connectivity index (χ1n) is 5.04. The lowest BCUT2D eigenvalue weighted by molar-refractivity contribution is 0.120. The van der Waals surface area contributed by atoms with E-state index in [2.05, 4.69) is 20.5 Å². The molecule has 0 unspecified atom stereocenters. The number of aryl methyl sites for hydroxylation is 1. The van der Waals surface area contributed by atoms with Gasteiger partial charge in [-0.05, 0) is 19.8 Å². The maximum Gasteiger partial charge on any atom is 0.363 e. The Morgan fingerprint density at radius 2 is 2.53 bits per heavy atom. The smallest absolute Gasteiger partial charge is 0.363 e. The molecule has 1 aliphatic rings. The molecule has 1 saturated heterocycles. The number of aromatic amines is 1. The van der Waals surface area contributed by atoms with Crippen molar-refractivity contribution >= 4 is 5.82 Å². The lowest BCUT2D eigenvalue weighted by Crippen LogP contribution is -2.23. The Bertz CT molecular complexity index is 384. The van der Waals surface area contributed by atoms with Gasteiger partial charge < -0.3 is 10.1 Å². The Hall–Kier alpha value is -1.43. The van der Waals surface area contributed by atoms with E-state index in [4.69, 9.17) is 4.74 Å². The fourth-order valence-electron chi connectivity index (χ4n) is 1.58. The van der Waals surface area contributed by atoms with E-state index in [9.17, 15) is 4.79 Å². The topological polar surface area (TPSA) is 79.9 Å². The molecular formula is C9H14N4O2. The average Bonchev–Trinajstić information content (AvgIpc) is 2.72. The third-order valence-corrected chi connectivity index (χ3v) is 2.40. The van der Waals surface area contributed by atoms with Gasteiger partial charge in [-0.25, -0.2) is 9.89 Å². The summed E-state index contributed by atoms with van der Waals surface area (Å²) in [5.41, 5.74) is 0.253. The number of nitrogens with one attached hydrogen (secondary N) is 2. The molecule has 6 heteroatoms. The van der Waals surface area contributed by atoms with Crippen LogP contribution in [0.3, 0.4) is 0 Å². The van der Waals surface area contributed by atoms with Crippen molar-refractivity contribution in [3.63, 3.8) is 0 Å². The van der Waals surface area contributed by atoms with Crippen LogP contribution < -0.4 is 11.0 Å². The maximum absolute atomic E-state index is 10.9. The highest BCUT2D eigenvalue weighted by atomic mass is 16.5. The second-order valence-corrected chi connectivity index (χ2v) is 3.59. The maximum atomic E-state index is 10.9. The van der Waals surface area contributed by atoms with Crippen LogP contribution in [0.15, 0.2) is 4.79 Å². The fraction of sp³-hybridized carbons (Fsp3) is 0.667. The van der Waals surface area contributed by atoms with Crippen LogP contribution in [0.5, 0.6) is 0 Å². The molecule has 0 aliphatic carbocycles. The lowest BCUT2D eigenvalue weighted by Gasteiger charge is -2.11. The van der Waals surface area contributed by atoms with Gasteiger partial charge in [-0.3, -0.25) is 0 Å². The largest absolute Gasteiger partial charge is 0.376 e. The van der Waals surface area contributed by atoms with Crippen LogP contribution in [0, 0.1) is 6.92 Å². The Morgan fingerprint density at radius 1 is 1.67 bits per heavy atom. The van der Waals surface area contributed by atoms with Crippen molar-refractivity contribution in [3.8, 4) is 0 Å². The number of anilines is 1. The molecular weight excluding hydrogens is 196 g/mol. The quantitative estimate of drug-likeness (QED) is 0.737. The predicted molar refractivity (Wildman–Crippen MR) is 54.9 cm³/mol. The number of H-pyrrole nitrogens is 1. The first-order chi connectivity index (χ1) is 7.25. The summed E-state index contributed by atoms with van der Waals surface area (Å²) in [6.07, 6.45) is 2.39. The van der Waals surface area contributed by atoms with E-state index in [-0.39, 0.29) is 6.10 Å². The highest BCUT2D eigenvalue weighted by Crippen LogP contribution is 2.13. The molecule has 1 fully saturated rings.